The number of hydrogen-bond donors (Lipinski definition) is 2. The lowest BCUT2D eigenvalue weighted by Gasteiger charge is -2.01. The molecule has 0 fully saturated rings. The monoisotopic (exact) mass is 158 g/mol. The standard InChI is InChI=1S/C8H6N4/c9-3-5-1-2-7(11)8(12)6(5)4-10/h1-2H,11-12H2. The molecule has 0 spiro atoms. The second kappa shape index (κ2) is 2.81. The molecule has 0 aliphatic carbocycles. The molecule has 4 nitrogen and oxygen atoms in total. The van der Waals surface area contributed by atoms with Crippen LogP contribution in [0.4, 0.5) is 11.4 Å². The largest absolute Gasteiger partial charge is 0.397 e. The van der Waals surface area contributed by atoms with Crippen LogP contribution in [0, 0.1) is 22.7 Å². The minimum Gasteiger partial charge on any atom is -0.397 e. The summed E-state index contributed by atoms with van der Waals surface area (Å²) in [6.07, 6.45) is 0. The summed E-state index contributed by atoms with van der Waals surface area (Å²) in [6, 6.07) is 6.67. The lowest BCUT2D eigenvalue weighted by molar-refractivity contribution is 1.43. The van der Waals surface area contributed by atoms with Gasteiger partial charge in [-0.1, -0.05) is 0 Å². The van der Waals surface area contributed by atoms with Gasteiger partial charge in [0.15, 0.2) is 0 Å². The predicted octanol–water partition coefficient (Wildman–Crippen LogP) is 0.594. The molecule has 1 aromatic rings. The van der Waals surface area contributed by atoms with E-state index < -0.39 is 0 Å². The highest BCUT2D eigenvalue weighted by molar-refractivity contribution is 5.74. The number of nitrogens with zero attached hydrogens (tertiary/aromatic N) is 2. The molecule has 0 aliphatic rings. The van der Waals surface area contributed by atoms with E-state index in [2.05, 4.69) is 0 Å². The van der Waals surface area contributed by atoms with E-state index in [4.69, 9.17) is 22.0 Å². The number of rotatable bonds is 0. The number of hydrogen-bond acceptors (Lipinski definition) is 4. The fourth-order valence-corrected chi connectivity index (χ4v) is 0.849. The van der Waals surface area contributed by atoms with Crippen molar-refractivity contribution >= 4 is 11.4 Å². The maximum absolute atomic E-state index is 8.62. The van der Waals surface area contributed by atoms with Gasteiger partial charge in [-0.05, 0) is 12.1 Å². The van der Waals surface area contributed by atoms with Gasteiger partial charge in [-0.2, -0.15) is 10.5 Å². The van der Waals surface area contributed by atoms with Crippen LogP contribution >= 0.6 is 0 Å². The fourth-order valence-electron chi connectivity index (χ4n) is 0.849. The van der Waals surface area contributed by atoms with Gasteiger partial charge in [-0.3, -0.25) is 0 Å². The molecule has 0 saturated carbocycles. The highest BCUT2D eigenvalue weighted by Gasteiger charge is 2.07. The first-order valence-corrected chi connectivity index (χ1v) is 3.19. The Morgan fingerprint density at radius 1 is 1.08 bits per heavy atom. The van der Waals surface area contributed by atoms with Crippen molar-refractivity contribution in [1.29, 1.82) is 10.5 Å². The van der Waals surface area contributed by atoms with Gasteiger partial charge in [0.2, 0.25) is 0 Å². The SMILES string of the molecule is N#Cc1ccc(N)c(N)c1C#N. The van der Waals surface area contributed by atoms with E-state index in [1.165, 1.54) is 12.1 Å². The lowest BCUT2D eigenvalue weighted by atomic mass is 10.1. The summed E-state index contributed by atoms with van der Waals surface area (Å²) in [5.41, 5.74) is 11.8. The van der Waals surface area contributed by atoms with Crippen LogP contribution in [-0.4, -0.2) is 0 Å². The summed E-state index contributed by atoms with van der Waals surface area (Å²) in [4.78, 5) is 0. The minimum absolute atomic E-state index is 0.150. The summed E-state index contributed by atoms with van der Waals surface area (Å²) in [5, 5.41) is 17.2. The maximum Gasteiger partial charge on any atom is 0.103 e. The van der Waals surface area contributed by atoms with Gasteiger partial charge in [-0.15, -0.1) is 0 Å². The smallest absolute Gasteiger partial charge is 0.103 e. The molecule has 0 aromatic heterocycles. The molecule has 0 aliphatic heterocycles. The second-order valence-corrected chi connectivity index (χ2v) is 2.21. The van der Waals surface area contributed by atoms with Crippen molar-refractivity contribution in [3.63, 3.8) is 0 Å². The summed E-state index contributed by atoms with van der Waals surface area (Å²) in [5.74, 6) is 0. The predicted molar refractivity (Wildman–Crippen MR) is 44.7 cm³/mol. The van der Waals surface area contributed by atoms with E-state index in [0.29, 0.717) is 5.69 Å². The molecule has 0 amide bonds. The molecule has 0 heterocycles. The van der Waals surface area contributed by atoms with Crippen LogP contribution in [0.1, 0.15) is 11.1 Å². The van der Waals surface area contributed by atoms with Gasteiger partial charge < -0.3 is 11.5 Å². The Kier molecular flexibility index (Phi) is 1.85. The molecular formula is C8H6N4. The molecule has 1 aromatic carbocycles. The van der Waals surface area contributed by atoms with Crippen LogP contribution < -0.4 is 11.5 Å². The number of benzene rings is 1. The molecule has 4 N–H and O–H groups in total. The first kappa shape index (κ1) is 7.90. The van der Waals surface area contributed by atoms with E-state index in [9.17, 15) is 0 Å². The quantitative estimate of drug-likeness (QED) is 0.540. The second-order valence-electron chi connectivity index (χ2n) is 2.21. The molecule has 1 rings (SSSR count). The summed E-state index contributed by atoms with van der Waals surface area (Å²) >= 11 is 0. The normalized spacial score (nSPS) is 8.50. The highest BCUT2D eigenvalue weighted by Crippen LogP contribution is 2.21. The van der Waals surface area contributed by atoms with Crippen LogP contribution in [-0.2, 0) is 0 Å². The van der Waals surface area contributed by atoms with Crippen LogP contribution in [0.3, 0.4) is 0 Å². The third kappa shape index (κ3) is 1.02. The first-order valence-electron chi connectivity index (χ1n) is 3.19. The molecule has 58 valence electrons. The van der Waals surface area contributed by atoms with E-state index in [1.54, 1.807) is 0 Å². The molecule has 0 unspecified atom stereocenters. The van der Waals surface area contributed by atoms with Gasteiger partial charge in [0.1, 0.15) is 12.1 Å². The zero-order valence-electron chi connectivity index (χ0n) is 6.20. The van der Waals surface area contributed by atoms with Crippen LogP contribution in [0.5, 0.6) is 0 Å². The number of nitrogen functional groups attached to an aromatic ring is 2. The van der Waals surface area contributed by atoms with E-state index >= 15 is 0 Å². The average molecular weight is 158 g/mol. The van der Waals surface area contributed by atoms with Crippen molar-refractivity contribution in [3.05, 3.63) is 23.3 Å². The highest BCUT2D eigenvalue weighted by atomic mass is 14.7. The Bertz CT molecular complexity index is 395. The van der Waals surface area contributed by atoms with Crippen molar-refractivity contribution in [2.24, 2.45) is 0 Å². The number of nitrogens with two attached hydrogens (primary N) is 2. The van der Waals surface area contributed by atoms with Gasteiger partial charge in [0, 0.05) is 0 Å². The number of anilines is 2. The van der Waals surface area contributed by atoms with Gasteiger partial charge in [-0.25, -0.2) is 0 Å². The van der Waals surface area contributed by atoms with Crippen molar-refractivity contribution in [3.8, 4) is 12.1 Å². The van der Waals surface area contributed by atoms with Crippen molar-refractivity contribution in [2.75, 3.05) is 11.5 Å². The van der Waals surface area contributed by atoms with E-state index in [1.807, 2.05) is 12.1 Å². The summed E-state index contributed by atoms with van der Waals surface area (Å²) < 4.78 is 0. The Hall–Kier alpha value is -2.20. The molecular weight excluding hydrogens is 152 g/mol. The summed E-state index contributed by atoms with van der Waals surface area (Å²) in [6.45, 7) is 0. The Morgan fingerprint density at radius 3 is 2.25 bits per heavy atom. The Balaban J connectivity index is 3.52. The van der Waals surface area contributed by atoms with Crippen LogP contribution in [0.25, 0.3) is 0 Å². The molecule has 0 bridgehead atoms. The first-order chi connectivity index (χ1) is 5.70. The van der Waals surface area contributed by atoms with E-state index in [-0.39, 0.29) is 16.8 Å². The van der Waals surface area contributed by atoms with E-state index in [0.717, 1.165) is 0 Å². The third-order valence-electron chi connectivity index (χ3n) is 1.51. The molecule has 0 saturated heterocycles. The van der Waals surface area contributed by atoms with Crippen LogP contribution in [0.15, 0.2) is 12.1 Å². The van der Waals surface area contributed by atoms with Crippen molar-refractivity contribution in [2.45, 2.75) is 0 Å². The lowest BCUT2D eigenvalue weighted by Crippen LogP contribution is -1.99. The average Bonchev–Trinajstić information content (AvgIpc) is 2.09. The topological polar surface area (TPSA) is 99.6 Å². The molecule has 4 heteroatoms. The maximum atomic E-state index is 8.62. The van der Waals surface area contributed by atoms with Crippen molar-refractivity contribution in [1.82, 2.24) is 0 Å². The van der Waals surface area contributed by atoms with Gasteiger partial charge in [0.05, 0.1) is 22.5 Å². The Morgan fingerprint density at radius 2 is 1.75 bits per heavy atom. The fraction of sp³-hybridized carbons (Fsp3) is 0. The van der Waals surface area contributed by atoms with Gasteiger partial charge >= 0.3 is 0 Å². The van der Waals surface area contributed by atoms with Gasteiger partial charge in [0.25, 0.3) is 0 Å². The van der Waals surface area contributed by atoms with Crippen molar-refractivity contribution < 1.29 is 0 Å². The molecule has 12 heavy (non-hydrogen) atoms. The number of nitriles is 2. The zero-order valence-corrected chi connectivity index (χ0v) is 6.20. The molecule has 0 radical (unpaired) electrons. The molecule has 0 atom stereocenters. The summed E-state index contributed by atoms with van der Waals surface area (Å²) in [7, 11) is 0. The minimum atomic E-state index is 0.150. The zero-order chi connectivity index (χ0) is 9.14. The Labute approximate surface area is 69.6 Å². The third-order valence-corrected chi connectivity index (χ3v) is 1.51. The van der Waals surface area contributed by atoms with Crippen LogP contribution in [0.2, 0.25) is 0 Å².